The Morgan fingerprint density at radius 1 is 1.20 bits per heavy atom. The van der Waals surface area contributed by atoms with Gasteiger partial charge >= 0.3 is 5.76 Å². The highest BCUT2D eigenvalue weighted by Gasteiger charge is 2.34. The molecule has 134 valence electrons. The van der Waals surface area contributed by atoms with Crippen molar-refractivity contribution in [1.82, 2.24) is 14.6 Å². The summed E-state index contributed by atoms with van der Waals surface area (Å²) in [6, 6.07) is 4.64. The van der Waals surface area contributed by atoms with Crippen LogP contribution in [0.1, 0.15) is 25.7 Å². The number of nitrogens with zero attached hydrogens (tertiary/aromatic N) is 1. The van der Waals surface area contributed by atoms with Crippen molar-refractivity contribution in [3.8, 4) is 0 Å². The molecule has 2 aliphatic rings. The monoisotopic (exact) mass is 365 g/mol. The normalized spacial score (nSPS) is 20.0. The van der Waals surface area contributed by atoms with Gasteiger partial charge in [-0.05, 0) is 37.8 Å². The van der Waals surface area contributed by atoms with E-state index in [1.807, 2.05) is 0 Å². The third-order valence-electron chi connectivity index (χ3n) is 4.78. The molecule has 0 radical (unpaired) electrons. The van der Waals surface area contributed by atoms with Crippen molar-refractivity contribution in [3.63, 3.8) is 0 Å². The van der Waals surface area contributed by atoms with Crippen LogP contribution in [-0.4, -0.2) is 42.7 Å². The van der Waals surface area contributed by atoms with Gasteiger partial charge in [0, 0.05) is 31.1 Å². The summed E-state index contributed by atoms with van der Waals surface area (Å²) in [7, 11) is -3.68. The number of rotatable bonds is 4. The van der Waals surface area contributed by atoms with E-state index < -0.39 is 15.8 Å². The first-order valence-corrected chi connectivity index (χ1v) is 9.81. The van der Waals surface area contributed by atoms with Gasteiger partial charge in [-0.2, -0.15) is 4.31 Å². The molecule has 1 aromatic heterocycles. The molecule has 8 nitrogen and oxygen atoms in total. The van der Waals surface area contributed by atoms with Crippen molar-refractivity contribution in [2.24, 2.45) is 5.92 Å². The fraction of sp³-hybridized carbons (Fsp3) is 0.500. The molecule has 0 atom stereocenters. The fourth-order valence-corrected chi connectivity index (χ4v) is 4.63. The van der Waals surface area contributed by atoms with Crippen LogP contribution in [0.25, 0.3) is 11.1 Å². The highest BCUT2D eigenvalue weighted by Crippen LogP contribution is 2.27. The second-order valence-electron chi connectivity index (χ2n) is 6.63. The number of aromatic nitrogens is 1. The summed E-state index contributed by atoms with van der Waals surface area (Å²) in [4.78, 5) is 25.9. The molecule has 1 saturated carbocycles. The Balaban J connectivity index is 1.48. The van der Waals surface area contributed by atoms with E-state index in [0.29, 0.717) is 37.5 Å². The Bertz CT molecular complexity index is 965. The van der Waals surface area contributed by atoms with Gasteiger partial charge in [0.05, 0.1) is 10.4 Å². The van der Waals surface area contributed by atoms with Gasteiger partial charge in [-0.1, -0.05) is 0 Å². The van der Waals surface area contributed by atoms with Crippen LogP contribution in [0.4, 0.5) is 0 Å². The number of carbonyl (C=O) groups is 1. The number of amides is 1. The first-order valence-electron chi connectivity index (χ1n) is 8.37. The van der Waals surface area contributed by atoms with E-state index in [-0.39, 0.29) is 22.3 Å². The number of nitrogens with one attached hydrogen (secondary N) is 2. The standard InChI is InChI=1S/C16H19N3O5S/c20-15(17-11-1-2-11)10-5-7-19(8-6-10)25(22,23)12-3-4-13-14(9-12)24-16(21)18-13/h3-4,9-11H,1-2,5-8H2,(H,17,20)(H,18,21). The minimum atomic E-state index is -3.68. The van der Waals surface area contributed by atoms with Crippen molar-refractivity contribution < 1.29 is 17.6 Å². The average Bonchev–Trinajstić information content (AvgIpc) is 3.32. The van der Waals surface area contributed by atoms with Crippen LogP contribution in [0, 0.1) is 5.92 Å². The van der Waals surface area contributed by atoms with Crippen LogP contribution in [0.3, 0.4) is 0 Å². The molecule has 25 heavy (non-hydrogen) atoms. The van der Waals surface area contributed by atoms with Gasteiger partial charge in [-0.25, -0.2) is 13.2 Å². The minimum absolute atomic E-state index is 0.0371. The van der Waals surface area contributed by atoms with E-state index in [4.69, 9.17) is 4.42 Å². The summed E-state index contributed by atoms with van der Waals surface area (Å²) in [5.41, 5.74) is 0.671. The number of piperidine rings is 1. The molecule has 1 aromatic carbocycles. The van der Waals surface area contributed by atoms with E-state index in [1.165, 1.54) is 22.5 Å². The van der Waals surface area contributed by atoms with Gasteiger partial charge in [0.2, 0.25) is 15.9 Å². The van der Waals surface area contributed by atoms with Crippen molar-refractivity contribution >= 4 is 27.0 Å². The largest absolute Gasteiger partial charge is 0.417 e. The van der Waals surface area contributed by atoms with Crippen molar-refractivity contribution in [2.45, 2.75) is 36.6 Å². The molecule has 2 heterocycles. The molecule has 2 aromatic rings. The number of oxazole rings is 1. The molecular weight excluding hydrogens is 346 g/mol. The number of benzene rings is 1. The minimum Gasteiger partial charge on any atom is -0.408 e. The SMILES string of the molecule is O=C(NC1CC1)C1CCN(S(=O)(=O)c2ccc3[nH]c(=O)oc3c2)CC1. The number of hydrogen-bond donors (Lipinski definition) is 2. The maximum absolute atomic E-state index is 12.8. The number of fused-ring (bicyclic) bond motifs is 1. The summed E-state index contributed by atoms with van der Waals surface area (Å²) in [5, 5.41) is 2.98. The van der Waals surface area contributed by atoms with Crippen LogP contribution in [0.2, 0.25) is 0 Å². The zero-order valence-corrected chi connectivity index (χ0v) is 14.3. The number of sulfonamides is 1. The summed E-state index contributed by atoms with van der Waals surface area (Å²) < 4.78 is 31.9. The fourth-order valence-electron chi connectivity index (χ4n) is 3.14. The number of H-pyrrole nitrogens is 1. The van der Waals surface area contributed by atoms with Gasteiger partial charge in [0.25, 0.3) is 0 Å². The van der Waals surface area contributed by atoms with E-state index >= 15 is 0 Å². The topological polar surface area (TPSA) is 112 Å². The third kappa shape index (κ3) is 3.21. The zero-order valence-electron chi connectivity index (χ0n) is 13.5. The van der Waals surface area contributed by atoms with E-state index in [2.05, 4.69) is 10.3 Å². The lowest BCUT2D eigenvalue weighted by Crippen LogP contribution is -2.43. The average molecular weight is 365 g/mol. The number of aromatic amines is 1. The first-order chi connectivity index (χ1) is 11.9. The van der Waals surface area contributed by atoms with Gasteiger partial charge in [-0.15, -0.1) is 0 Å². The third-order valence-corrected chi connectivity index (χ3v) is 6.67. The first kappa shape index (κ1) is 16.3. The summed E-state index contributed by atoms with van der Waals surface area (Å²) in [5.74, 6) is -0.709. The number of hydrogen-bond acceptors (Lipinski definition) is 5. The Morgan fingerprint density at radius 3 is 2.60 bits per heavy atom. The Morgan fingerprint density at radius 2 is 1.92 bits per heavy atom. The zero-order chi connectivity index (χ0) is 17.6. The molecule has 2 N–H and O–H groups in total. The van der Waals surface area contributed by atoms with Gasteiger partial charge < -0.3 is 9.73 Å². The van der Waals surface area contributed by atoms with Gasteiger partial charge in [0.15, 0.2) is 5.58 Å². The Labute approximate surface area is 144 Å². The maximum Gasteiger partial charge on any atom is 0.417 e. The van der Waals surface area contributed by atoms with Crippen molar-refractivity contribution in [2.75, 3.05) is 13.1 Å². The lowest BCUT2D eigenvalue weighted by molar-refractivity contribution is -0.126. The number of carbonyl (C=O) groups excluding carboxylic acids is 1. The molecule has 1 aliphatic heterocycles. The lowest BCUT2D eigenvalue weighted by atomic mass is 9.97. The molecule has 2 fully saturated rings. The summed E-state index contributed by atoms with van der Waals surface area (Å²) in [6.45, 7) is 0.612. The molecule has 0 unspecified atom stereocenters. The summed E-state index contributed by atoms with van der Waals surface area (Å²) >= 11 is 0. The van der Waals surface area contributed by atoms with E-state index in [0.717, 1.165) is 12.8 Å². The predicted molar refractivity (Wildman–Crippen MR) is 89.5 cm³/mol. The Kier molecular flexibility index (Phi) is 3.92. The second kappa shape index (κ2) is 5.99. The molecule has 1 saturated heterocycles. The quantitative estimate of drug-likeness (QED) is 0.832. The highest BCUT2D eigenvalue weighted by molar-refractivity contribution is 7.89. The van der Waals surface area contributed by atoms with Crippen molar-refractivity contribution in [1.29, 1.82) is 0 Å². The lowest BCUT2D eigenvalue weighted by Gasteiger charge is -2.30. The summed E-state index contributed by atoms with van der Waals surface area (Å²) in [6.07, 6.45) is 3.10. The molecule has 0 spiro atoms. The van der Waals surface area contributed by atoms with Crippen LogP contribution in [0.5, 0.6) is 0 Å². The van der Waals surface area contributed by atoms with Gasteiger partial charge in [-0.3, -0.25) is 9.78 Å². The molecule has 1 amide bonds. The van der Waals surface area contributed by atoms with Gasteiger partial charge in [0.1, 0.15) is 0 Å². The van der Waals surface area contributed by atoms with Crippen LogP contribution in [-0.2, 0) is 14.8 Å². The second-order valence-corrected chi connectivity index (χ2v) is 8.57. The molecule has 9 heteroatoms. The van der Waals surface area contributed by atoms with E-state index in [1.54, 1.807) is 0 Å². The molecule has 1 aliphatic carbocycles. The molecule has 4 rings (SSSR count). The molecule has 0 bridgehead atoms. The van der Waals surface area contributed by atoms with Crippen LogP contribution >= 0.6 is 0 Å². The maximum atomic E-state index is 12.8. The Hall–Kier alpha value is -2.13. The van der Waals surface area contributed by atoms with Crippen LogP contribution in [0.15, 0.2) is 32.3 Å². The van der Waals surface area contributed by atoms with Crippen molar-refractivity contribution in [3.05, 3.63) is 28.7 Å². The van der Waals surface area contributed by atoms with E-state index in [9.17, 15) is 18.0 Å². The smallest absolute Gasteiger partial charge is 0.408 e. The van der Waals surface area contributed by atoms with Crippen LogP contribution < -0.4 is 11.1 Å². The molecular formula is C16H19N3O5S. The predicted octanol–water partition coefficient (Wildman–Crippen LogP) is 0.800. The highest BCUT2D eigenvalue weighted by atomic mass is 32.2.